The molecule has 0 radical (unpaired) electrons. The van der Waals surface area contributed by atoms with Gasteiger partial charge in [-0.15, -0.1) is 0 Å². The van der Waals surface area contributed by atoms with E-state index in [-0.39, 0.29) is 5.91 Å². The van der Waals surface area contributed by atoms with Crippen LogP contribution in [0.15, 0.2) is 88.4 Å². The van der Waals surface area contributed by atoms with Gasteiger partial charge in [-0.2, -0.15) is 5.10 Å². The molecule has 27 heavy (non-hydrogen) atoms. The summed E-state index contributed by atoms with van der Waals surface area (Å²) in [6.45, 7) is 0.502. The van der Waals surface area contributed by atoms with Crippen LogP contribution in [-0.4, -0.2) is 12.1 Å². The van der Waals surface area contributed by atoms with Gasteiger partial charge in [-0.25, -0.2) is 5.43 Å². The van der Waals surface area contributed by atoms with Crippen molar-refractivity contribution in [2.24, 2.45) is 5.10 Å². The molecule has 0 aliphatic heterocycles. The topological polar surface area (TPSA) is 50.7 Å². The molecule has 4 nitrogen and oxygen atoms in total. The van der Waals surface area contributed by atoms with Crippen LogP contribution in [0.25, 0.3) is 0 Å². The molecule has 0 fully saturated rings. The van der Waals surface area contributed by atoms with Crippen LogP contribution in [0.5, 0.6) is 5.75 Å². The van der Waals surface area contributed by atoms with Gasteiger partial charge in [-0.05, 0) is 50.8 Å². The van der Waals surface area contributed by atoms with E-state index in [1.54, 1.807) is 6.21 Å². The van der Waals surface area contributed by atoms with E-state index in [0.29, 0.717) is 13.0 Å². The van der Waals surface area contributed by atoms with Gasteiger partial charge in [0.25, 0.3) is 0 Å². The molecule has 0 saturated carbocycles. The Morgan fingerprint density at radius 2 is 1.63 bits per heavy atom. The molecule has 0 aromatic heterocycles. The molecule has 0 atom stereocenters. The summed E-state index contributed by atoms with van der Waals surface area (Å²) in [5.74, 6) is 0.600. The summed E-state index contributed by atoms with van der Waals surface area (Å²) in [4.78, 5) is 11.9. The zero-order chi connectivity index (χ0) is 18.9. The molecular weight excluding hydrogens is 404 g/mol. The molecule has 0 aliphatic rings. The van der Waals surface area contributed by atoms with Gasteiger partial charge < -0.3 is 4.74 Å². The molecule has 1 amide bonds. The number of hydrogen-bond donors (Lipinski definition) is 1. The van der Waals surface area contributed by atoms with E-state index in [0.717, 1.165) is 26.9 Å². The molecule has 3 aromatic carbocycles. The SMILES string of the molecule is O=C(Cc1ccccc1)N/N=C\c1ccc(OCc2ccccc2)c(Br)c1. The van der Waals surface area contributed by atoms with Gasteiger partial charge in [0.15, 0.2) is 0 Å². The predicted octanol–water partition coefficient (Wildman–Crippen LogP) is 4.72. The molecule has 5 heteroatoms. The van der Waals surface area contributed by atoms with Crippen molar-refractivity contribution in [2.75, 3.05) is 0 Å². The van der Waals surface area contributed by atoms with Crippen LogP contribution in [0, 0.1) is 0 Å². The largest absolute Gasteiger partial charge is 0.488 e. The number of halogens is 1. The zero-order valence-corrected chi connectivity index (χ0v) is 16.2. The maximum absolute atomic E-state index is 11.9. The first kappa shape index (κ1) is 18.9. The van der Waals surface area contributed by atoms with Crippen molar-refractivity contribution in [3.05, 3.63) is 100 Å². The Morgan fingerprint density at radius 1 is 0.963 bits per heavy atom. The molecule has 3 rings (SSSR count). The van der Waals surface area contributed by atoms with Crippen LogP contribution < -0.4 is 10.2 Å². The van der Waals surface area contributed by atoms with Crippen molar-refractivity contribution in [3.63, 3.8) is 0 Å². The monoisotopic (exact) mass is 422 g/mol. The first-order valence-corrected chi connectivity index (χ1v) is 9.32. The Labute approximate surface area is 167 Å². The first-order valence-electron chi connectivity index (χ1n) is 8.53. The van der Waals surface area contributed by atoms with E-state index in [1.807, 2.05) is 78.9 Å². The van der Waals surface area contributed by atoms with E-state index in [2.05, 4.69) is 26.5 Å². The molecule has 0 bridgehead atoms. The lowest BCUT2D eigenvalue weighted by Crippen LogP contribution is -2.19. The molecule has 0 unspecified atom stereocenters. The van der Waals surface area contributed by atoms with E-state index in [4.69, 9.17) is 4.74 Å². The summed E-state index contributed by atoms with van der Waals surface area (Å²) >= 11 is 3.51. The highest BCUT2D eigenvalue weighted by atomic mass is 79.9. The second-order valence-corrected chi connectivity index (χ2v) is 6.77. The highest BCUT2D eigenvalue weighted by Crippen LogP contribution is 2.26. The van der Waals surface area contributed by atoms with E-state index in [9.17, 15) is 4.79 Å². The molecule has 0 saturated heterocycles. The standard InChI is InChI=1S/C22H19BrN2O2/c23-20-13-19(11-12-21(20)27-16-18-9-5-2-6-10-18)15-24-25-22(26)14-17-7-3-1-4-8-17/h1-13,15H,14,16H2,(H,25,26)/b24-15-. The summed E-state index contributed by atoms with van der Waals surface area (Å²) in [6.07, 6.45) is 1.91. The number of nitrogens with one attached hydrogen (secondary N) is 1. The lowest BCUT2D eigenvalue weighted by atomic mass is 10.1. The minimum Gasteiger partial charge on any atom is -0.488 e. The summed E-state index contributed by atoms with van der Waals surface area (Å²) in [5.41, 5.74) is 5.46. The van der Waals surface area contributed by atoms with Crippen LogP contribution >= 0.6 is 15.9 Å². The summed E-state index contributed by atoms with van der Waals surface area (Å²) in [5, 5.41) is 4.02. The van der Waals surface area contributed by atoms with Crippen molar-refractivity contribution < 1.29 is 9.53 Å². The van der Waals surface area contributed by atoms with E-state index < -0.39 is 0 Å². The third kappa shape index (κ3) is 6.08. The van der Waals surface area contributed by atoms with Crippen molar-refractivity contribution >= 4 is 28.1 Å². The Kier molecular flexibility index (Phi) is 6.77. The summed E-state index contributed by atoms with van der Waals surface area (Å²) in [6, 6.07) is 25.2. The van der Waals surface area contributed by atoms with Crippen LogP contribution in [0.4, 0.5) is 0 Å². The number of benzene rings is 3. The number of rotatable bonds is 7. The maximum atomic E-state index is 11.9. The first-order chi connectivity index (χ1) is 13.2. The predicted molar refractivity (Wildman–Crippen MR) is 111 cm³/mol. The number of amides is 1. The summed E-state index contributed by atoms with van der Waals surface area (Å²) < 4.78 is 6.66. The second-order valence-electron chi connectivity index (χ2n) is 5.92. The van der Waals surface area contributed by atoms with Crippen molar-refractivity contribution in [2.45, 2.75) is 13.0 Å². The van der Waals surface area contributed by atoms with Gasteiger partial charge in [-0.3, -0.25) is 4.79 Å². The minimum absolute atomic E-state index is 0.153. The fourth-order valence-corrected chi connectivity index (χ4v) is 2.96. The van der Waals surface area contributed by atoms with Gasteiger partial charge in [0.1, 0.15) is 12.4 Å². The van der Waals surface area contributed by atoms with Gasteiger partial charge in [0.2, 0.25) is 5.91 Å². The third-order valence-corrected chi connectivity index (χ3v) is 4.42. The van der Waals surface area contributed by atoms with E-state index >= 15 is 0 Å². The second kappa shape index (κ2) is 9.69. The van der Waals surface area contributed by atoms with E-state index in [1.165, 1.54) is 0 Å². The Bertz CT molecular complexity index is 912. The fraction of sp³-hybridized carbons (Fsp3) is 0.0909. The fourth-order valence-electron chi connectivity index (χ4n) is 2.45. The van der Waals surface area contributed by atoms with Crippen molar-refractivity contribution in [1.82, 2.24) is 5.43 Å². The van der Waals surface area contributed by atoms with Gasteiger partial charge in [0.05, 0.1) is 17.1 Å². The molecule has 1 N–H and O–H groups in total. The highest BCUT2D eigenvalue weighted by Gasteiger charge is 2.04. The minimum atomic E-state index is -0.153. The molecule has 136 valence electrons. The lowest BCUT2D eigenvalue weighted by molar-refractivity contribution is -0.120. The molecular formula is C22H19BrN2O2. The van der Waals surface area contributed by atoms with Crippen molar-refractivity contribution in [1.29, 1.82) is 0 Å². The van der Waals surface area contributed by atoms with Gasteiger partial charge >= 0.3 is 0 Å². The zero-order valence-electron chi connectivity index (χ0n) is 14.6. The highest BCUT2D eigenvalue weighted by molar-refractivity contribution is 9.10. The molecule has 3 aromatic rings. The Hall–Kier alpha value is -2.92. The lowest BCUT2D eigenvalue weighted by Gasteiger charge is -2.08. The van der Waals surface area contributed by atoms with Gasteiger partial charge in [-0.1, -0.05) is 60.7 Å². The van der Waals surface area contributed by atoms with Crippen LogP contribution in [0.1, 0.15) is 16.7 Å². The normalized spacial score (nSPS) is 10.7. The number of nitrogens with zero attached hydrogens (tertiary/aromatic N) is 1. The molecule has 0 heterocycles. The van der Waals surface area contributed by atoms with Gasteiger partial charge in [0, 0.05) is 0 Å². The summed E-state index contributed by atoms with van der Waals surface area (Å²) in [7, 11) is 0. The quantitative estimate of drug-likeness (QED) is 0.442. The third-order valence-electron chi connectivity index (χ3n) is 3.80. The maximum Gasteiger partial charge on any atom is 0.244 e. The number of carbonyl (C=O) groups is 1. The van der Waals surface area contributed by atoms with Crippen LogP contribution in [0.3, 0.4) is 0 Å². The average Bonchev–Trinajstić information content (AvgIpc) is 2.69. The molecule has 0 spiro atoms. The van der Waals surface area contributed by atoms with Crippen LogP contribution in [0.2, 0.25) is 0 Å². The van der Waals surface area contributed by atoms with Crippen LogP contribution in [-0.2, 0) is 17.8 Å². The van der Waals surface area contributed by atoms with Crippen molar-refractivity contribution in [3.8, 4) is 5.75 Å². The Morgan fingerprint density at radius 3 is 2.30 bits per heavy atom. The molecule has 0 aliphatic carbocycles. The number of ether oxygens (including phenoxy) is 1. The smallest absolute Gasteiger partial charge is 0.244 e. The Balaban J connectivity index is 1.52. The number of hydrazone groups is 1. The number of carbonyl (C=O) groups excluding carboxylic acids is 1. The number of hydrogen-bond acceptors (Lipinski definition) is 3. The average molecular weight is 423 g/mol.